The van der Waals surface area contributed by atoms with Crippen molar-refractivity contribution in [1.29, 1.82) is 0 Å². The summed E-state index contributed by atoms with van der Waals surface area (Å²) < 4.78 is 5.50. The van der Waals surface area contributed by atoms with Crippen molar-refractivity contribution >= 4 is 17.5 Å². The third-order valence-corrected chi connectivity index (χ3v) is 5.52. The molecule has 0 unspecified atom stereocenters. The van der Waals surface area contributed by atoms with Gasteiger partial charge in [0.1, 0.15) is 0 Å². The van der Waals surface area contributed by atoms with Crippen LogP contribution in [0.4, 0.5) is 0 Å². The fourth-order valence-corrected chi connectivity index (χ4v) is 4.03. The number of hydrogen-bond donors (Lipinski definition) is 1. The van der Waals surface area contributed by atoms with Crippen LogP contribution in [0, 0.1) is 11.8 Å². The molecule has 2 atom stereocenters. The smallest absolute Gasteiger partial charge is 0.276 e. The number of nitrogens with zero attached hydrogens (tertiary/aromatic N) is 2. The summed E-state index contributed by atoms with van der Waals surface area (Å²) >= 11 is 6.25. The molecule has 4 rings (SSSR count). The van der Waals surface area contributed by atoms with E-state index in [9.17, 15) is 4.79 Å². The van der Waals surface area contributed by atoms with Gasteiger partial charge in [0.05, 0.1) is 5.02 Å². The van der Waals surface area contributed by atoms with Gasteiger partial charge in [0.2, 0.25) is 0 Å². The van der Waals surface area contributed by atoms with Gasteiger partial charge in [-0.05, 0) is 49.9 Å². The average molecular weight is 346 g/mol. The fourth-order valence-electron chi connectivity index (χ4n) is 3.81. The van der Waals surface area contributed by atoms with E-state index in [1.807, 2.05) is 23.1 Å². The van der Waals surface area contributed by atoms with Crippen molar-refractivity contribution in [3.63, 3.8) is 0 Å². The van der Waals surface area contributed by atoms with Crippen molar-refractivity contribution in [2.45, 2.75) is 12.8 Å². The van der Waals surface area contributed by atoms with Crippen LogP contribution < -0.4 is 5.32 Å². The van der Waals surface area contributed by atoms with Crippen LogP contribution in [0.1, 0.15) is 23.3 Å². The van der Waals surface area contributed by atoms with Crippen LogP contribution in [0.25, 0.3) is 11.3 Å². The predicted molar refractivity (Wildman–Crippen MR) is 91.9 cm³/mol. The number of nitrogens with one attached hydrogen (secondary N) is 1. The van der Waals surface area contributed by atoms with E-state index in [0.29, 0.717) is 33.9 Å². The van der Waals surface area contributed by atoms with Gasteiger partial charge in [0, 0.05) is 18.7 Å². The summed E-state index contributed by atoms with van der Waals surface area (Å²) in [5, 5.41) is 4.01. The van der Waals surface area contributed by atoms with E-state index in [1.165, 1.54) is 6.39 Å². The summed E-state index contributed by atoms with van der Waals surface area (Å²) in [6, 6.07) is 7.36. The van der Waals surface area contributed by atoms with Crippen molar-refractivity contribution in [1.82, 2.24) is 15.2 Å². The Balaban J connectivity index is 1.57. The summed E-state index contributed by atoms with van der Waals surface area (Å²) in [4.78, 5) is 19.1. The average Bonchev–Trinajstić information content (AvgIpc) is 3.20. The molecule has 0 spiro atoms. The minimum atomic E-state index is -0.0633. The minimum Gasteiger partial charge on any atom is -0.443 e. The maximum absolute atomic E-state index is 13.0. The Hall–Kier alpha value is -1.85. The van der Waals surface area contributed by atoms with Crippen molar-refractivity contribution in [3.05, 3.63) is 41.4 Å². The Morgan fingerprint density at radius 3 is 2.62 bits per heavy atom. The van der Waals surface area contributed by atoms with Crippen LogP contribution >= 0.6 is 11.6 Å². The lowest BCUT2D eigenvalue weighted by Crippen LogP contribution is -2.33. The Labute approximate surface area is 146 Å². The number of aromatic nitrogens is 1. The highest BCUT2D eigenvalue weighted by Gasteiger charge is 2.33. The zero-order valence-electron chi connectivity index (χ0n) is 13.4. The molecule has 24 heavy (non-hydrogen) atoms. The summed E-state index contributed by atoms with van der Waals surface area (Å²) in [6.07, 6.45) is 3.41. The quantitative estimate of drug-likeness (QED) is 0.908. The van der Waals surface area contributed by atoms with Crippen molar-refractivity contribution in [2.75, 3.05) is 26.2 Å². The monoisotopic (exact) mass is 345 g/mol. The number of likely N-dealkylation sites (tertiary alicyclic amines) is 1. The summed E-state index contributed by atoms with van der Waals surface area (Å²) in [7, 11) is 0. The molecule has 0 saturated carbocycles. The first kappa shape index (κ1) is 15.7. The van der Waals surface area contributed by atoms with Crippen LogP contribution in [0.3, 0.4) is 0 Å². The Kier molecular flexibility index (Phi) is 4.29. The maximum atomic E-state index is 13.0. The molecular formula is C18H20ClN3O2. The highest BCUT2D eigenvalue weighted by atomic mass is 35.5. The van der Waals surface area contributed by atoms with Crippen LogP contribution in [-0.2, 0) is 0 Å². The summed E-state index contributed by atoms with van der Waals surface area (Å²) in [5.74, 6) is 1.76. The van der Waals surface area contributed by atoms with Gasteiger partial charge in [0.15, 0.2) is 17.8 Å². The molecule has 0 bridgehead atoms. The van der Waals surface area contributed by atoms with Gasteiger partial charge in [0.25, 0.3) is 5.91 Å². The number of carbonyl (C=O) groups excluding carboxylic acids is 1. The number of oxazole rings is 1. The summed E-state index contributed by atoms with van der Waals surface area (Å²) in [6.45, 7) is 3.69. The second kappa shape index (κ2) is 6.57. The Morgan fingerprint density at radius 2 is 1.92 bits per heavy atom. The van der Waals surface area contributed by atoms with Crippen molar-refractivity contribution < 1.29 is 9.21 Å². The maximum Gasteiger partial charge on any atom is 0.276 e. The number of halogens is 1. The van der Waals surface area contributed by atoms with Gasteiger partial charge < -0.3 is 14.6 Å². The van der Waals surface area contributed by atoms with Crippen molar-refractivity contribution in [3.8, 4) is 11.3 Å². The van der Waals surface area contributed by atoms with Crippen LogP contribution in [0.2, 0.25) is 5.02 Å². The Morgan fingerprint density at radius 1 is 1.21 bits per heavy atom. The number of fused-ring (bicyclic) bond motifs is 1. The molecule has 1 aromatic heterocycles. The molecular weight excluding hydrogens is 326 g/mol. The molecule has 3 heterocycles. The molecule has 1 aromatic carbocycles. The standard InChI is InChI=1S/C18H20ClN3O2/c19-15-4-2-1-3-14(15)17-16(21-11-24-17)18(23)22-7-5-12-9-20-10-13(12)6-8-22/h1-4,11-13,20H,5-10H2/t12-,13+. The molecule has 1 N–H and O–H groups in total. The van der Waals surface area contributed by atoms with Gasteiger partial charge in [-0.1, -0.05) is 23.7 Å². The van der Waals surface area contributed by atoms with E-state index in [4.69, 9.17) is 16.0 Å². The lowest BCUT2D eigenvalue weighted by Gasteiger charge is -2.20. The largest absolute Gasteiger partial charge is 0.443 e. The lowest BCUT2D eigenvalue weighted by molar-refractivity contribution is 0.0753. The highest BCUT2D eigenvalue weighted by Crippen LogP contribution is 2.32. The van der Waals surface area contributed by atoms with Gasteiger partial charge >= 0.3 is 0 Å². The molecule has 126 valence electrons. The van der Waals surface area contributed by atoms with E-state index >= 15 is 0 Å². The van der Waals surface area contributed by atoms with Gasteiger partial charge in [-0.2, -0.15) is 0 Å². The first-order valence-corrected chi connectivity index (χ1v) is 8.80. The molecule has 2 aliphatic rings. The van der Waals surface area contributed by atoms with E-state index in [0.717, 1.165) is 39.0 Å². The topological polar surface area (TPSA) is 58.4 Å². The van der Waals surface area contributed by atoms with Crippen LogP contribution in [0.15, 0.2) is 35.1 Å². The number of hydrogen-bond acceptors (Lipinski definition) is 4. The van der Waals surface area contributed by atoms with Gasteiger partial charge in [-0.3, -0.25) is 4.79 Å². The van der Waals surface area contributed by atoms with Crippen LogP contribution in [0.5, 0.6) is 0 Å². The second-order valence-electron chi connectivity index (χ2n) is 6.56. The predicted octanol–water partition coefficient (Wildman–Crippen LogP) is 3.07. The molecule has 6 heteroatoms. The van der Waals surface area contributed by atoms with Gasteiger partial charge in [-0.25, -0.2) is 4.98 Å². The Bertz CT molecular complexity index is 731. The number of carbonyl (C=O) groups is 1. The number of benzene rings is 1. The molecule has 2 aromatic rings. The first-order chi connectivity index (χ1) is 11.7. The summed E-state index contributed by atoms with van der Waals surface area (Å²) in [5.41, 5.74) is 1.06. The molecule has 2 fully saturated rings. The fraction of sp³-hybridized carbons (Fsp3) is 0.444. The molecule has 0 radical (unpaired) electrons. The second-order valence-corrected chi connectivity index (χ2v) is 6.97. The number of amides is 1. The van der Waals surface area contributed by atoms with Gasteiger partial charge in [-0.15, -0.1) is 0 Å². The SMILES string of the molecule is O=C(c1ncoc1-c1ccccc1Cl)N1CC[C@@H]2CNC[C@@H]2CC1. The first-order valence-electron chi connectivity index (χ1n) is 8.42. The van der Waals surface area contributed by atoms with E-state index < -0.39 is 0 Å². The van der Waals surface area contributed by atoms with E-state index in [1.54, 1.807) is 6.07 Å². The van der Waals surface area contributed by atoms with E-state index in [2.05, 4.69) is 10.3 Å². The van der Waals surface area contributed by atoms with E-state index in [-0.39, 0.29) is 5.91 Å². The lowest BCUT2D eigenvalue weighted by atomic mass is 9.92. The molecule has 2 saturated heterocycles. The third-order valence-electron chi connectivity index (χ3n) is 5.20. The minimum absolute atomic E-state index is 0.0633. The molecule has 2 aliphatic heterocycles. The normalized spacial score (nSPS) is 23.8. The molecule has 1 amide bonds. The number of rotatable bonds is 2. The third kappa shape index (κ3) is 2.82. The highest BCUT2D eigenvalue weighted by molar-refractivity contribution is 6.33. The molecule has 0 aliphatic carbocycles. The van der Waals surface area contributed by atoms with Crippen LogP contribution in [-0.4, -0.2) is 42.0 Å². The zero-order valence-corrected chi connectivity index (χ0v) is 14.1. The zero-order chi connectivity index (χ0) is 16.5. The van der Waals surface area contributed by atoms with Crippen molar-refractivity contribution in [2.24, 2.45) is 11.8 Å². The molecule has 5 nitrogen and oxygen atoms in total.